The smallest absolute Gasteiger partial charge is 0.317 e. The van der Waals surface area contributed by atoms with Crippen molar-refractivity contribution in [2.24, 2.45) is 0 Å². The SMILES string of the molecule is COCCN(C(=O)NCCc1ccc(F)cc1)C1CCS(=O)(=O)C1. The van der Waals surface area contributed by atoms with Crippen molar-refractivity contribution in [2.75, 3.05) is 38.3 Å². The molecule has 6 nitrogen and oxygen atoms in total. The lowest BCUT2D eigenvalue weighted by molar-refractivity contribution is 0.134. The van der Waals surface area contributed by atoms with Gasteiger partial charge in [0.1, 0.15) is 5.82 Å². The Morgan fingerprint density at radius 2 is 2.08 bits per heavy atom. The number of carbonyl (C=O) groups excluding carboxylic acids is 1. The van der Waals surface area contributed by atoms with E-state index in [0.29, 0.717) is 32.5 Å². The number of amides is 2. The third kappa shape index (κ3) is 5.45. The molecule has 0 radical (unpaired) electrons. The molecule has 0 spiro atoms. The van der Waals surface area contributed by atoms with E-state index < -0.39 is 9.84 Å². The Hall–Kier alpha value is -1.67. The lowest BCUT2D eigenvalue weighted by Crippen LogP contribution is -2.48. The number of ether oxygens (including phenoxy) is 1. The molecule has 1 atom stereocenters. The van der Waals surface area contributed by atoms with E-state index in [-0.39, 0.29) is 29.4 Å². The zero-order valence-corrected chi connectivity index (χ0v) is 14.5. The highest BCUT2D eigenvalue weighted by Gasteiger charge is 2.34. The van der Waals surface area contributed by atoms with Gasteiger partial charge in [-0.1, -0.05) is 12.1 Å². The number of hydrogen-bond acceptors (Lipinski definition) is 4. The Balaban J connectivity index is 1.88. The second-order valence-electron chi connectivity index (χ2n) is 5.85. The molecule has 1 heterocycles. The maximum atomic E-state index is 12.9. The predicted molar refractivity (Wildman–Crippen MR) is 89.1 cm³/mol. The van der Waals surface area contributed by atoms with E-state index in [1.165, 1.54) is 19.2 Å². The van der Waals surface area contributed by atoms with Crippen LogP contribution in [-0.4, -0.2) is 63.7 Å². The summed E-state index contributed by atoms with van der Waals surface area (Å²) >= 11 is 0. The van der Waals surface area contributed by atoms with Gasteiger partial charge in [0.2, 0.25) is 0 Å². The van der Waals surface area contributed by atoms with Crippen LogP contribution in [0, 0.1) is 5.82 Å². The molecular weight excluding hydrogens is 335 g/mol. The molecular formula is C16H23FN2O4S. The first kappa shape index (κ1) is 18.7. The molecule has 1 fully saturated rings. The van der Waals surface area contributed by atoms with E-state index in [1.54, 1.807) is 17.0 Å². The molecule has 0 aromatic heterocycles. The lowest BCUT2D eigenvalue weighted by atomic mass is 10.1. The predicted octanol–water partition coefficient (Wildman–Crippen LogP) is 1.21. The molecule has 0 saturated carbocycles. The van der Waals surface area contributed by atoms with Crippen LogP contribution in [0.3, 0.4) is 0 Å². The van der Waals surface area contributed by atoms with Crippen molar-refractivity contribution >= 4 is 15.9 Å². The summed E-state index contributed by atoms with van der Waals surface area (Å²) in [5, 5.41) is 2.80. The lowest BCUT2D eigenvalue weighted by Gasteiger charge is -2.28. The fourth-order valence-corrected chi connectivity index (χ4v) is 4.46. The maximum Gasteiger partial charge on any atom is 0.317 e. The minimum atomic E-state index is -3.06. The minimum absolute atomic E-state index is 0.00208. The summed E-state index contributed by atoms with van der Waals surface area (Å²) in [7, 11) is -1.53. The van der Waals surface area contributed by atoms with Crippen LogP contribution in [-0.2, 0) is 21.0 Å². The van der Waals surface area contributed by atoms with Crippen LogP contribution in [0.5, 0.6) is 0 Å². The molecule has 2 rings (SSSR count). The van der Waals surface area contributed by atoms with Gasteiger partial charge in [0.15, 0.2) is 9.84 Å². The molecule has 0 aliphatic carbocycles. The Kier molecular flexibility index (Phi) is 6.56. The quantitative estimate of drug-likeness (QED) is 0.795. The van der Waals surface area contributed by atoms with Crippen molar-refractivity contribution in [3.63, 3.8) is 0 Å². The molecule has 2 amide bonds. The number of benzene rings is 1. The van der Waals surface area contributed by atoms with Crippen LogP contribution in [0.25, 0.3) is 0 Å². The van der Waals surface area contributed by atoms with Crippen molar-refractivity contribution < 1.29 is 22.3 Å². The van der Waals surface area contributed by atoms with Crippen molar-refractivity contribution in [1.82, 2.24) is 10.2 Å². The number of hydrogen-bond donors (Lipinski definition) is 1. The van der Waals surface area contributed by atoms with Gasteiger partial charge in [0, 0.05) is 26.2 Å². The molecule has 0 bridgehead atoms. The average molecular weight is 358 g/mol. The topological polar surface area (TPSA) is 75.7 Å². The van der Waals surface area contributed by atoms with Crippen LogP contribution in [0.4, 0.5) is 9.18 Å². The number of halogens is 1. The Bertz CT molecular complexity index is 649. The monoisotopic (exact) mass is 358 g/mol. The van der Waals surface area contributed by atoms with Gasteiger partial charge in [0.05, 0.1) is 18.1 Å². The molecule has 1 N–H and O–H groups in total. The Morgan fingerprint density at radius 3 is 2.67 bits per heavy atom. The highest BCUT2D eigenvalue weighted by Crippen LogP contribution is 2.17. The van der Waals surface area contributed by atoms with Gasteiger partial charge in [-0.2, -0.15) is 0 Å². The Morgan fingerprint density at radius 1 is 1.38 bits per heavy atom. The summed E-state index contributed by atoms with van der Waals surface area (Å²) in [5.41, 5.74) is 0.920. The van der Waals surface area contributed by atoms with E-state index in [9.17, 15) is 17.6 Å². The second-order valence-corrected chi connectivity index (χ2v) is 8.08. The normalized spacial score (nSPS) is 19.2. The van der Waals surface area contributed by atoms with Crippen LogP contribution in [0.2, 0.25) is 0 Å². The summed E-state index contributed by atoms with van der Waals surface area (Å²) < 4.78 is 41.2. The van der Waals surface area contributed by atoms with E-state index in [2.05, 4.69) is 5.32 Å². The highest BCUT2D eigenvalue weighted by atomic mass is 32.2. The fraction of sp³-hybridized carbons (Fsp3) is 0.562. The number of nitrogens with zero attached hydrogens (tertiary/aromatic N) is 1. The average Bonchev–Trinajstić information content (AvgIpc) is 2.89. The number of rotatable bonds is 7. The van der Waals surface area contributed by atoms with E-state index in [4.69, 9.17) is 4.74 Å². The van der Waals surface area contributed by atoms with Gasteiger partial charge >= 0.3 is 6.03 Å². The summed E-state index contributed by atoms with van der Waals surface area (Å²) in [4.78, 5) is 13.9. The van der Waals surface area contributed by atoms with Crippen molar-refractivity contribution in [1.29, 1.82) is 0 Å². The zero-order chi connectivity index (χ0) is 17.6. The summed E-state index contributed by atoms with van der Waals surface area (Å²) in [5.74, 6) is -0.178. The number of urea groups is 1. The molecule has 134 valence electrons. The van der Waals surface area contributed by atoms with Crippen molar-refractivity contribution in [3.8, 4) is 0 Å². The van der Waals surface area contributed by atoms with Gasteiger partial charge in [0.25, 0.3) is 0 Å². The molecule has 1 aliphatic rings. The number of carbonyl (C=O) groups is 1. The molecule has 8 heteroatoms. The van der Waals surface area contributed by atoms with Gasteiger partial charge in [-0.15, -0.1) is 0 Å². The van der Waals surface area contributed by atoms with E-state index in [0.717, 1.165) is 5.56 Å². The van der Waals surface area contributed by atoms with E-state index >= 15 is 0 Å². The number of sulfone groups is 1. The molecule has 1 saturated heterocycles. The van der Waals surface area contributed by atoms with Crippen LogP contribution in [0.15, 0.2) is 24.3 Å². The third-order valence-electron chi connectivity index (χ3n) is 4.05. The van der Waals surface area contributed by atoms with Crippen LogP contribution in [0.1, 0.15) is 12.0 Å². The second kappa shape index (κ2) is 8.43. The molecule has 1 aromatic rings. The molecule has 1 aliphatic heterocycles. The zero-order valence-electron chi connectivity index (χ0n) is 13.7. The molecule has 1 unspecified atom stereocenters. The van der Waals surface area contributed by atoms with E-state index in [1.807, 2.05) is 0 Å². The first-order valence-corrected chi connectivity index (χ1v) is 9.72. The largest absolute Gasteiger partial charge is 0.383 e. The third-order valence-corrected chi connectivity index (χ3v) is 5.80. The summed E-state index contributed by atoms with van der Waals surface area (Å²) in [6.07, 6.45) is 1.03. The summed E-state index contributed by atoms with van der Waals surface area (Å²) in [6.45, 7) is 1.09. The molecule has 1 aromatic carbocycles. The van der Waals surface area contributed by atoms with Crippen LogP contribution < -0.4 is 5.32 Å². The number of methoxy groups -OCH3 is 1. The molecule has 24 heavy (non-hydrogen) atoms. The van der Waals surface area contributed by atoms with Crippen molar-refractivity contribution in [2.45, 2.75) is 18.9 Å². The van der Waals surface area contributed by atoms with Gasteiger partial charge in [-0.3, -0.25) is 0 Å². The van der Waals surface area contributed by atoms with Gasteiger partial charge < -0.3 is 15.0 Å². The maximum absolute atomic E-state index is 12.9. The van der Waals surface area contributed by atoms with Gasteiger partial charge in [-0.25, -0.2) is 17.6 Å². The van der Waals surface area contributed by atoms with Crippen LogP contribution >= 0.6 is 0 Å². The minimum Gasteiger partial charge on any atom is -0.383 e. The number of nitrogens with one attached hydrogen (secondary N) is 1. The highest BCUT2D eigenvalue weighted by molar-refractivity contribution is 7.91. The first-order chi connectivity index (χ1) is 11.4. The Labute approximate surface area is 141 Å². The summed E-state index contributed by atoms with van der Waals surface area (Å²) in [6, 6.07) is 5.51. The van der Waals surface area contributed by atoms with Gasteiger partial charge in [-0.05, 0) is 30.5 Å². The standard InChI is InChI=1S/C16H23FN2O4S/c1-23-10-9-19(15-7-11-24(21,22)12-15)16(20)18-8-6-13-2-4-14(17)5-3-13/h2-5,15H,6-12H2,1H3,(H,18,20). The first-order valence-electron chi connectivity index (χ1n) is 7.89. The van der Waals surface area contributed by atoms with Crippen molar-refractivity contribution in [3.05, 3.63) is 35.6 Å². The fourth-order valence-electron chi connectivity index (χ4n) is 2.73.